The summed E-state index contributed by atoms with van der Waals surface area (Å²) < 4.78 is 0. The Morgan fingerprint density at radius 2 is 2.00 bits per heavy atom. The molecule has 0 aromatic heterocycles. The molecule has 0 amide bonds. The Morgan fingerprint density at radius 1 is 1.57 bits per heavy atom. The first-order chi connectivity index (χ1) is 3.18. The van der Waals surface area contributed by atoms with Crippen molar-refractivity contribution in [1.82, 2.24) is 5.73 Å². The molecule has 1 N–H and O–H groups in total. The maximum atomic E-state index is 9.63. The van der Waals surface area contributed by atoms with Crippen molar-refractivity contribution in [1.29, 1.82) is 0 Å². The van der Waals surface area contributed by atoms with Crippen LogP contribution in [0.25, 0.3) is 0 Å². The van der Waals surface area contributed by atoms with Gasteiger partial charge in [0.25, 0.3) is 0 Å². The maximum absolute atomic E-state index is 9.63. The van der Waals surface area contributed by atoms with Gasteiger partial charge in [-0.15, -0.1) is 0 Å². The SMILES string of the molecule is CC(C)C([NH])[C]=O. The first-order valence-electron chi connectivity index (χ1n) is 2.27. The van der Waals surface area contributed by atoms with Crippen LogP contribution in [0.2, 0.25) is 0 Å². The molecule has 0 saturated heterocycles. The second-order valence-corrected chi connectivity index (χ2v) is 1.84. The lowest BCUT2D eigenvalue weighted by Gasteiger charge is -2.02. The molecule has 2 radical (unpaired) electrons. The maximum Gasteiger partial charge on any atom is 0.218 e. The van der Waals surface area contributed by atoms with Gasteiger partial charge in [0, 0.05) is 0 Å². The first-order valence-corrected chi connectivity index (χ1v) is 2.27. The van der Waals surface area contributed by atoms with Crippen LogP contribution in [0.15, 0.2) is 0 Å². The van der Waals surface area contributed by atoms with E-state index in [0.29, 0.717) is 0 Å². The molecule has 0 aliphatic carbocycles. The summed E-state index contributed by atoms with van der Waals surface area (Å²) in [4.78, 5) is 9.63. The van der Waals surface area contributed by atoms with Crippen LogP contribution in [0.1, 0.15) is 13.8 Å². The van der Waals surface area contributed by atoms with Crippen LogP contribution >= 0.6 is 0 Å². The van der Waals surface area contributed by atoms with E-state index >= 15 is 0 Å². The fourth-order valence-electron chi connectivity index (χ4n) is 0.136. The van der Waals surface area contributed by atoms with E-state index in [4.69, 9.17) is 5.73 Å². The minimum absolute atomic E-state index is 0.109. The lowest BCUT2D eigenvalue weighted by molar-refractivity contribution is 0.501. The zero-order valence-corrected chi connectivity index (χ0v) is 4.56. The predicted molar refractivity (Wildman–Crippen MR) is 27.4 cm³/mol. The highest BCUT2D eigenvalue weighted by molar-refractivity contribution is 5.58. The molecule has 1 atom stereocenters. The summed E-state index contributed by atoms with van der Waals surface area (Å²) in [5.74, 6) is 0.109. The Hall–Kier alpha value is -0.370. The van der Waals surface area contributed by atoms with Gasteiger partial charge in [-0.2, -0.15) is 0 Å². The number of carbonyl (C=O) groups excluding carboxylic acids is 1. The lowest BCUT2D eigenvalue weighted by Crippen LogP contribution is -2.17. The van der Waals surface area contributed by atoms with Gasteiger partial charge in [0.2, 0.25) is 6.29 Å². The van der Waals surface area contributed by atoms with Crippen molar-refractivity contribution in [3.05, 3.63) is 0 Å². The van der Waals surface area contributed by atoms with Crippen molar-refractivity contribution in [3.8, 4) is 0 Å². The lowest BCUT2D eigenvalue weighted by atomic mass is 10.1. The summed E-state index contributed by atoms with van der Waals surface area (Å²) in [6, 6.07) is -0.653. The third-order valence-corrected chi connectivity index (χ3v) is 0.794. The van der Waals surface area contributed by atoms with Crippen LogP contribution in [0, 0.1) is 5.92 Å². The van der Waals surface area contributed by atoms with E-state index < -0.39 is 6.04 Å². The van der Waals surface area contributed by atoms with E-state index in [-0.39, 0.29) is 5.92 Å². The van der Waals surface area contributed by atoms with Crippen LogP contribution in [-0.4, -0.2) is 12.3 Å². The van der Waals surface area contributed by atoms with Crippen molar-refractivity contribution < 1.29 is 4.79 Å². The van der Waals surface area contributed by atoms with Crippen molar-refractivity contribution in [2.24, 2.45) is 5.92 Å². The number of rotatable bonds is 2. The van der Waals surface area contributed by atoms with Crippen molar-refractivity contribution in [2.75, 3.05) is 0 Å². The molecule has 2 heteroatoms. The fraction of sp³-hybridized carbons (Fsp3) is 0.800. The second-order valence-electron chi connectivity index (χ2n) is 1.84. The molecule has 0 bridgehead atoms. The van der Waals surface area contributed by atoms with E-state index in [1.54, 1.807) is 6.29 Å². The topological polar surface area (TPSA) is 40.9 Å². The average molecular weight is 99.1 g/mol. The summed E-state index contributed by atoms with van der Waals surface area (Å²) in [6.07, 6.45) is 1.58. The minimum atomic E-state index is -0.653. The number of nitrogens with one attached hydrogen (secondary N) is 1. The summed E-state index contributed by atoms with van der Waals surface area (Å²) in [5, 5.41) is 0. The molecule has 0 saturated carbocycles. The van der Waals surface area contributed by atoms with Crippen molar-refractivity contribution in [3.63, 3.8) is 0 Å². The highest BCUT2D eigenvalue weighted by Gasteiger charge is 2.05. The number of hydrogen-bond donors (Lipinski definition) is 0. The van der Waals surface area contributed by atoms with E-state index in [1.165, 1.54) is 0 Å². The van der Waals surface area contributed by atoms with Gasteiger partial charge in [-0.05, 0) is 5.92 Å². The van der Waals surface area contributed by atoms with Gasteiger partial charge in [-0.3, -0.25) is 4.79 Å². The molecule has 0 aromatic carbocycles. The van der Waals surface area contributed by atoms with Gasteiger partial charge in [-0.25, -0.2) is 5.73 Å². The van der Waals surface area contributed by atoms with Gasteiger partial charge in [-0.1, -0.05) is 13.8 Å². The van der Waals surface area contributed by atoms with Crippen molar-refractivity contribution in [2.45, 2.75) is 19.9 Å². The molecule has 1 unspecified atom stereocenters. The Labute approximate surface area is 43.7 Å². The van der Waals surface area contributed by atoms with Crippen LogP contribution in [0.3, 0.4) is 0 Å². The zero-order valence-electron chi connectivity index (χ0n) is 4.56. The third-order valence-electron chi connectivity index (χ3n) is 0.794. The van der Waals surface area contributed by atoms with E-state index in [0.717, 1.165) is 0 Å². The Bertz CT molecular complexity index is 61.1. The fourth-order valence-corrected chi connectivity index (χ4v) is 0.136. The van der Waals surface area contributed by atoms with E-state index in [2.05, 4.69) is 0 Å². The molecule has 0 heterocycles. The summed E-state index contributed by atoms with van der Waals surface area (Å²) in [6.45, 7) is 3.64. The average Bonchev–Trinajstić information content (AvgIpc) is 1.65. The van der Waals surface area contributed by atoms with Crippen LogP contribution < -0.4 is 5.73 Å². The van der Waals surface area contributed by atoms with Gasteiger partial charge in [0.05, 0.1) is 6.04 Å². The van der Waals surface area contributed by atoms with Gasteiger partial charge in [0.15, 0.2) is 0 Å². The largest absolute Gasteiger partial charge is 0.289 e. The first kappa shape index (κ1) is 6.63. The van der Waals surface area contributed by atoms with Crippen LogP contribution in [0.4, 0.5) is 0 Å². The molecule has 7 heavy (non-hydrogen) atoms. The Balaban J connectivity index is 3.33. The van der Waals surface area contributed by atoms with Gasteiger partial charge >= 0.3 is 0 Å². The molecular formula is C5H9NO. The molecule has 0 rings (SSSR count). The van der Waals surface area contributed by atoms with Crippen LogP contribution in [-0.2, 0) is 4.79 Å². The highest BCUT2D eigenvalue weighted by atomic mass is 16.1. The molecule has 40 valence electrons. The molecule has 0 aromatic rings. The smallest absolute Gasteiger partial charge is 0.218 e. The van der Waals surface area contributed by atoms with Gasteiger partial charge < -0.3 is 0 Å². The standard InChI is InChI=1S/C5H9NO/c1-4(2)5(6)3-7/h4-6H,1-2H3. The summed E-state index contributed by atoms with van der Waals surface area (Å²) in [7, 11) is 0. The Kier molecular flexibility index (Phi) is 2.60. The quantitative estimate of drug-likeness (QED) is 0.494. The number of hydrogen-bond acceptors (Lipinski definition) is 1. The predicted octanol–water partition coefficient (Wildman–Crippen LogP) is 0.404. The third kappa shape index (κ3) is 2.34. The summed E-state index contributed by atoms with van der Waals surface area (Å²) in [5.41, 5.74) is 6.85. The zero-order chi connectivity index (χ0) is 5.86. The molecule has 2 nitrogen and oxygen atoms in total. The monoisotopic (exact) mass is 99.1 g/mol. The molecule has 0 aliphatic heterocycles. The molecular weight excluding hydrogens is 90.1 g/mol. The van der Waals surface area contributed by atoms with E-state index in [9.17, 15) is 4.79 Å². The van der Waals surface area contributed by atoms with E-state index in [1.807, 2.05) is 13.8 Å². The Morgan fingerprint density at radius 3 is 2.00 bits per heavy atom. The molecule has 0 aliphatic rings. The second kappa shape index (κ2) is 2.75. The minimum Gasteiger partial charge on any atom is -0.289 e. The van der Waals surface area contributed by atoms with Gasteiger partial charge in [0.1, 0.15) is 0 Å². The normalized spacial score (nSPS) is 14.3. The van der Waals surface area contributed by atoms with Crippen LogP contribution in [0.5, 0.6) is 0 Å². The molecule has 0 fully saturated rings. The summed E-state index contributed by atoms with van der Waals surface area (Å²) >= 11 is 0. The molecule has 0 spiro atoms. The van der Waals surface area contributed by atoms with Crippen molar-refractivity contribution >= 4 is 6.29 Å². The highest BCUT2D eigenvalue weighted by Crippen LogP contribution is 1.94.